The summed E-state index contributed by atoms with van der Waals surface area (Å²) in [7, 11) is 1.35. The quantitative estimate of drug-likeness (QED) is 0.730. The summed E-state index contributed by atoms with van der Waals surface area (Å²) < 4.78 is 10.0. The van der Waals surface area contributed by atoms with Crippen molar-refractivity contribution in [2.45, 2.75) is 31.7 Å². The molecule has 0 aromatic carbocycles. The monoisotopic (exact) mass is 241 g/mol. The molecule has 2 aliphatic rings. The Bertz CT molecular complexity index is 322. The van der Waals surface area contributed by atoms with Crippen LogP contribution in [0.3, 0.4) is 0 Å². The topological polar surface area (TPSA) is 64.6 Å². The molecule has 1 saturated carbocycles. The average molecular weight is 241 g/mol. The Kier molecular flexibility index (Phi) is 3.38. The van der Waals surface area contributed by atoms with E-state index >= 15 is 0 Å². The first-order valence-electron chi connectivity index (χ1n) is 6.03. The highest BCUT2D eigenvalue weighted by atomic mass is 16.5. The minimum absolute atomic E-state index is 0.0478. The van der Waals surface area contributed by atoms with Crippen molar-refractivity contribution in [1.82, 2.24) is 5.32 Å². The normalized spacial score (nSPS) is 36.1. The van der Waals surface area contributed by atoms with E-state index < -0.39 is 0 Å². The Balaban J connectivity index is 1.84. The Labute approximate surface area is 101 Å². The number of rotatable bonds is 3. The van der Waals surface area contributed by atoms with Gasteiger partial charge in [0.05, 0.1) is 31.1 Å². The van der Waals surface area contributed by atoms with Crippen molar-refractivity contribution in [1.29, 1.82) is 0 Å². The third-order valence-electron chi connectivity index (χ3n) is 3.49. The summed E-state index contributed by atoms with van der Waals surface area (Å²) in [6.45, 7) is 3.30. The van der Waals surface area contributed by atoms with E-state index in [-0.39, 0.29) is 29.3 Å². The average Bonchev–Trinajstić information content (AvgIpc) is 3.08. The van der Waals surface area contributed by atoms with Gasteiger partial charge in [0.1, 0.15) is 0 Å². The number of esters is 1. The Morgan fingerprint density at radius 3 is 2.76 bits per heavy atom. The number of carbonyl (C=O) groups excluding carboxylic acids is 2. The first kappa shape index (κ1) is 12.4. The van der Waals surface area contributed by atoms with Gasteiger partial charge < -0.3 is 14.8 Å². The highest BCUT2D eigenvalue weighted by Gasteiger charge is 2.50. The molecule has 3 atom stereocenters. The zero-order chi connectivity index (χ0) is 12.5. The van der Waals surface area contributed by atoms with Crippen molar-refractivity contribution in [3.63, 3.8) is 0 Å². The van der Waals surface area contributed by atoms with Gasteiger partial charge in [0, 0.05) is 6.61 Å². The lowest BCUT2D eigenvalue weighted by molar-refractivity contribution is -0.143. The molecular formula is C12H19NO4. The third-order valence-corrected chi connectivity index (χ3v) is 3.49. The van der Waals surface area contributed by atoms with Crippen LogP contribution in [0.5, 0.6) is 0 Å². The second kappa shape index (κ2) is 4.64. The highest BCUT2D eigenvalue weighted by Crippen LogP contribution is 2.40. The molecule has 1 amide bonds. The molecule has 1 N–H and O–H groups in total. The fourth-order valence-electron chi connectivity index (χ4n) is 2.32. The molecule has 1 aliphatic carbocycles. The van der Waals surface area contributed by atoms with E-state index in [4.69, 9.17) is 4.74 Å². The third kappa shape index (κ3) is 2.77. The van der Waals surface area contributed by atoms with Crippen molar-refractivity contribution >= 4 is 11.9 Å². The van der Waals surface area contributed by atoms with E-state index in [1.807, 2.05) is 6.92 Å². The fraction of sp³-hybridized carbons (Fsp3) is 0.833. The maximum absolute atomic E-state index is 11.9. The first-order valence-corrected chi connectivity index (χ1v) is 6.03. The number of nitrogens with one attached hydrogen (secondary N) is 1. The lowest BCUT2D eigenvalue weighted by Crippen LogP contribution is -2.52. The van der Waals surface area contributed by atoms with Crippen LogP contribution in [0, 0.1) is 11.8 Å². The molecule has 1 aliphatic heterocycles. The number of carbonyl (C=O) groups is 2. The molecule has 96 valence electrons. The van der Waals surface area contributed by atoms with E-state index in [1.165, 1.54) is 7.11 Å². The molecule has 2 fully saturated rings. The van der Waals surface area contributed by atoms with Crippen molar-refractivity contribution in [2.24, 2.45) is 11.8 Å². The number of hydrogen-bond acceptors (Lipinski definition) is 4. The van der Waals surface area contributed by atoms with Crippen LogP contribution < -0.4 is 5.32 Å². The lowest BCUT2D eigenvalue weighted by Gasteiger charge is -2.34. The summed E-state index contributed by atoms with van der Waals surface area (Å²) >= 11 is 0. The van der Waals surface area contributed by atoms with Gasteiger partial charge in [-0.05, 0) is 26.2 Å². The van der Waals surface area contributed by atoms with Crippen LogP contribution in [0.4, 0.5) is 0 Å². The number of hydrogen-bond donors (Lipinski definition) is 1. The molecule has 17 heavy (non-hydrogen) atoms. The van der Waals surface area contributed by atoms with Gasteiger partial charge in [0.25, 0.3) is 0 Å². The van der Waals surface area contributed by atoms with Crippen LogP contribution >= 0.6 is 0 Å². The zero-order valence-electron chi connectivity index (χ0n) is 10.3. The minimum atomic E-state index is -0.282. The van der Waals surface area contributed by atoms with Gasteiger partial charge >= 0.3 is 5.97 Å². The molecule has 0 spiro atoms. The van der Waals surface area contributed by atoms with Gasteiger partial charge in [-0.15, -0.1) is 0 Å². The summed E-state index contributed by atoms with van der Waals surface area (Å²) in [5.74, 6) is -0.780. The van der Waals surface area contributed by atoms with Crippen molar-refractivity contribution in [2.75, 3.05) is 20.3 Å². The Morgan fingerprint density at radius 2 is 2.18 bits per heavy atom. The van der Waals surface area contributed by atoms with Gasteiger partial charge in [-0.3, -0.25) is 9.59 Å². The molecule has 5 nitrogen and oxygen atoms in total. The standard InChI is InChI=1S/C12H19NO4/c1-12(4-3-5-17-7-12)13-10(14)8-6-9(8)11(15)16-2/h8-9H,3-7H2,1-2H3,(H,13,14). The van der Waals surface area contributed by atoms with Crippen LogP contribution in [0.1, 0.15) is 26.2 Å². The fourth-order valence-corrected chi connectivity index (χ4v) is 2.32. The smallest absolute Gasteiger partial charge is 0.309 e. The summed E-state index contributed by atoms with van der Waals surface area (Å²) in [5, 5.41) is 2.99. The second-order valence-corrected chi connectivity index (χ2v) is 5.18. The molecule has 1 heterocycles. The summed E-state index contributed by atoms with van der Waals surface area (Å²) in [6, 6.07) is 0. The SMILES string of the molecule is COC(=O)C1CC1C(=O)NC1(C)CCCOC1. The number of ether oxygens (including phenoxy) is 2. The van der Waals surface area contributed by atoms with Crippen LogP contribution in [0.15, 0.2) is 0 Å². The van der Waals surface area contributed by atoms with Crippen molar-refractivity contribution < 1.29 is 19.1 Å². The van der Waals surface area contributed by atoms with Gasteiger partial charge in [-0.1, -0.05) is 0 Å². The largest absolute Gasteiger partial charge is 0.469 e. The van der Waals surface area contributed by atoms with E-state index in [2.05, 4.69) is 10.1 Å². The number of amides is 1. The zero-order valence-corrected chi connectivity index (χ0v) is 10.3. The van der Waals surface area contributed by atoms with Crippen LogP contribution in [-0.4, -0.2) is 37.7 Å². The molecule has 0 aromatic rings. The van der Waals surface area contributed by atoms with Gasteiger partial charge in [0.2, 0.25) is 5.91 Å². The maximum Gasteiger partial charge on any atom is 0.309 e. The van der Waals surface area contributed by atoms with Gasteiger partial charge in [-0.25, -0.2) is 0 Å². The molecule has 1 saturated heterocycles. The van der Waals surface area contributed by atoms with Gasteiger partial charge in [-0.2, -0.15) is 0 Å². The van der Waals surface area contributed by atoms with Crippen LogP contribution in [-0.2, 0) is 19.1 Å². The number of methoxy groups -OCH3 is 1. The van der Waals surface area contributed by atoms with Gasteiger partial charge in [0.15, 0.2) is 0 Å². The van der Waals surface area contributed by atoms with E-state index in [0.717, 1.165) is 19.4 Å². The maximum atomic E-state index is 11.9. The summed E-state index contributed by atoms with van der Waals surface area (Å²) in [5.41, 5.74) is -0.279. The van der Waals surface area contributed by atoms with Crippen molar-refractivity contribution in [3.8, 4) is 0 Å². The molecule has 0 bridgehead atoms. The molecular weight excluding hydrogens is 222 g/mol. The van der Waals surface area contributed by atoms with E-state index in [0.29, 0.717) is 13.0 Å². The lowest BCUT2D eigenvalue weighted by atomic mass is 9.94. The molecule has 5 heteroatoms. The van der Waals surface area contributed by atoms with Crippen LogP contribution in [0.25, 0.3) is 0 Å². The highest BCUT2D eigenvalue weighted by molar-refractivity contribution is 5.90. The predicted octanol–water partition coefficient (Wildman–Crippen LogP) is 0.481. The minimum Gasteiger partial charge on any atom is -0.469 e. The van der Waals surface area contributed by atoms with Crippen molar-refractivity contribution in [3.05, 3.63) is 0 Å². The summed E-state index contributed by atoms with van der Waals surface area (Å²) in [4.78, 5) is 23.2. The predicted molar refractivity (Wildman–Crippen MR) is 60.2 cm³/mol. The molecule has 0 aromatic heterocycles. The van der Waals surface area contributed by atoms with E-state index in [9.17, 15) is 9.59 Å². The molecule has 0 radical (unpaired) electrons. The Hall–Kier alpha value is -1.10. The molecule has 3 unspecified atom stereocenters. The van der Waals surface area contributed by atoms with Crippen LogP contribution in [0.2, 0.25) is 0 Å². The first-order chi connectivity index (χ1) is 8.06. The van der Waals surface area contributed by atoms with E-state index in [1.54, 1.807) is 0 Å². The Morgan fingerprint density at radius 1 is 1.41 bits per heavy atom. The summed E-state index contributed by atoms with van der Waals surface area (Å²) in [6.07, 6.45) is 2.49. The molecule has 2 rings (SSSR count). The second-order valence-electron chi connectivity index (χ2n) is 5.18.